The van der Waals surface area contributed by atoms with E-state index in [4.69, 9.17) is 9.84 Å². The number of nitrogens with one attached hydrogen (secondary N) is 1. The van der Waals surface area contributed by atoms with Gasteiger partial charge in [0.25, 0.3) is 5.91 Å². The van der Waals surface area contributed by atoms with E-state index in [2.05, 4.69) is 24.4 Å². The van der Waals surface area contributed by atoms with E-state index in [-0.39, 0.29) is 18.0 Å². The zero-order valence-corrected chi connectivity index (χ0v) is 19.5. The quantitative estimate of drug-likeness (QED) is 0.635. The van der Waals surface area contributed by atoms with E-state index in [1.54, 1.807) is 11.0 Å². The second-order valence-electron chi connectivity index (χ2n) is 8.75. The molecule has 2 aliphatic rings. The molecule has 1 atom stereocenters. The number of nitrogens with zero attached hydrogens (tertiary/aromatic N) is 4. The normalized spacial score (nSPS) is 18.3. The second kappa shape index (κ2) is 9.30. The summed E-state index contributed by atoms with van der Waals surface area (Å²) in [6.45, 7) is 7.35. The van der Waals surface area contributed by atoms with E-state index < -0.39 is 0 Å². The lowest BCUT2D eigenvalue weighted by atomic mass is 10.0. The number of anilines is 1. The topological polar surface area (TPSA) is 79.7 Å². The maximum absolute atomic E-state index is 13.7. The molecule has 0 aliphatic carbocycles. The van der Waals surface area contributed by atoms with Crippen LogP contribution in [0.15, 0.2) is 54.6 Å². The number of carbonyl (C=O) groups excluding carboxylic acids is 2. The third-order valence-corrected chi connectivity index (χ3v) is 6.60. The molecule has 8 heteroatoms. The van der Waals surface area contributed by atoms with Crippen LogP contribution in [0.2, 0.25) is 0 Å². The summed E-state index contributed by atoms with van der Waals surface area (Å²) >= 11 is 0. The summed E-state index contributed by atoms with van der Waals surface area (Å²) in [6, 6.07) is 17.2. The molecule has 8 nitrogen and oxygen atoms in total. The first-order valence-corrected chi connectivity index (χ1v) is 11.6. The van der Waals surface area contributed by atoms with Crippen molar-refractivity contribution in [2.24, 2.45) is 0 Å². The van der Waals surface area contributed by atoms with Gasteiger partial charge in [-0.05, 0) is 37.6 Å². The predicted molar refractivity (Wildman–Crippen MR) is 129 cm³/mol. The highest BCUT2D eigenvalue weighted by molar-refractivity contribution is 5.98. The number of amides is 3. The fourth-order valence-electron chi connectivity index (χ4n) is 4.88. The molecule has 34 heavy (non-hydrogen) atoms. The molecule has 5 rings (SSSR count). The van der Waals surface area contributed by atoms with E-state index in [1.165, 1.54) is 5.56 Å². The van der Waals surface area contributed by atoms with Gasteiger partial charge in [-0.2, -0.15) is 5.10 Å². The number of hydrogen-bond acceptors (Lipinski definition) is 4. The Bertz CT molecular complexity index is 1210. The van der Waals surface area contributed by atoms with Crippen LogP contribution in [0.4, 0.5) is 10.5 Å². The number of rotatable bonds is 5. The first kappa shape index (κ1) is 22.2. The van der Waals surface area contributed by atoms with Crippen LogP contribution in [0, 0.1) is 13.8 Å². The van der Waals surface area contributed by atoms with E-state index in [9.17, 15) is 9.59 Å². The van der Waals surface area contributed by atoms with Crippen molar-refractivity contribution < 1.29 is 14.3 Å². The van der Waals surface area contributed by atoms with Crippen molar-refractivity contribution >= 4 is 17.6 Å². The van der Waals surface area contributed by atoms with Crippen LogP contribution in [-0.4, -0.2) is 59.5 Å². The van der Waals surface area contributed by atoms with Crippen LogP contribution in [0.1, 0.15) is 38.9 Å². The fraction of sp³-hybridized carbons (Fsp3) is 0.346. The standard InChI is InChI=1S/C26H29N5O3/c1-18-24(19(2)31(28-18)16-20-7-4-3-5-8-20)23-17-34-14-13-30(23)25(32)21-9-6-10-22(15-21)29-12-11-27-26(29)33/h3-10,15,23H,11-14,16-17H2,1-2H3,(H,27,33). The number of benzene rings is 2. The molecule has 2 aliphatic heterocycles. The van der Waals surface area contributed by atoms with Crippen molar-refractivity contribution in [1.29, 1.82) is 0 Å². The van der Waals surface area contributed by atoms with Crippen molar-refractivity contribution in [2.45, 2.75) is 26.4 Å². The summed E-state index contributed by atoms with van der Waals surface area (Å²) in [5, 5.41) is 7.60. The minimum absolute atomic E-state index is 0.0654. The number of hydrogen-bond donors (Lipinski definition) is 1. The number of aromatic nitrogens is 2. The molecule has 1 aromatic heterocycles. The summed E-state index contributed by atoms with van der Waals surface area (Å²) in [5.74, 6) is -0.0654. The van der Waals surface area contributed by atoms with Crippen LogP contribution in [0.3, 0.4) is 0 Å². The lowest BCUT2D eigenvalue weighted by Gasteiger charge is -2.36. The molecule has 3 aromatic rings. The third kappa shape index (κ3) is 4.17. The Morgan fingerprint density at radius 2 is 1.94 bits per heavy atom. The van der Waals surface area contributed by atoms with E-state index in [1.807, 2.05) is 52.9 Å². The summed E-state index contributed by atoms with van der Waals surface area (Å²) < 4.78 is 7.82. The maximum atomic E-state index is 13.7. The summed E-state index contributed by atoms with van der Waals surface area (Å²) in [5.41, 5.74) is 5.46. The molecule has 1 unspecified atom stereocenters. The van der Waals surface area contributed by atoms with Gasteiger partial charge >= 0.3 is 6.03 Å². The summed E-state index contributed by atoms with van der Waals surface area (Å²) in [6.07, 6.45) is 0. The van der Waals surface area contributed by atoms with Gasteiger partial charge in [0.2, 0.25) is 0 Å². The zero-order valence-electron chi connectivity index (χ0n) is 19.5. The van der Waals surface area contributed by atoms with Crippen LogP contribution in [0.25, 0.3) is 0 Å². The van der Waals surface area contributed by atoms with Crippen LogP contribution < -0.4 is 10.2 Å². The molecule has 3 heterocycles. The van der Waals surface area contributed by atoms with Gasteiger partial charge in [0.15, 0.2) is 0 Å². The Morgan fingerprint density at radius 1 is 1.12 bits per heavy atom. The Morgan fingerprint density at radius 3 is 2.71 bits per heavy atom. The van der Waals surface area contributed by atoms with Crippen LogP contribution in [-0.2, 0) is 11.3 Å². The van der Waals surface area contributed by atoms with Crippen molar-refractivity contribution in [3.05, 3.63) is 82.7 Å². The molecule has 2 fully saturated rings. The minimum atomic E-state index is -0.218. The van der Waals surface area contributed by atoms with Crippen LogP contribution >= 0.6 is 0 Å². The molecule has 0 spiro atoms. The largest absolute Gasteiger partial charge is 0.377 e. The smallest absolute Gasteiger partial charge is 0.321 e. The number of carbonyl (C=O) groups is 2. The van der Waals surface area contributed by atoms with Gasteiger partial charge < -0.3 is 15.0 Å². The molecule has 0 radical (unpaired) electrons. The van der Waals surface area contributed by atoms with E-state index in [0.717, 1.165) is 22.6 Å². The predicted octanol–water partition coefficient (Wildman–Crippen LogP) is 3.29. The van der Waals surface area contributed by atoms with Crippen molar-refractivity contribution in [1.82, 2.24) is 20.0 Å². The van der Waals surface area contributed by atoms with Gasteiger partial charge in [-0.3, -0.25) is 14.4 Å². The number of morpholine rings is 1. The van der Waals surface area contributed by atoms with Gasteiger partial charge in [-0.1, -0.05) is 36.4 Å². The molecule has 2 aromatic carbocycles. The average molecular weight is 460 g/mol. The monoisotopic (exact) mass is 459 g/mol. The van der Waals surface area contributed by atoms with Crippen molar-refractivity contribution in [2.75, 3.05) is 37.7 Å². The Labute approximate surface area is 199 Å². The highest BCUT2D eigenvalue weighted by Gasteiger charge is 2.33. The SMILES string of the molecule is Cc1nn(Cc2ccccc2)c(C)c1C1COCCN1C(=O)c1cccc(N2CCNC2=O)c1. The second-order valence-corrected chi connectivity index (χ2v) is 8.75. The average Bonchev–Trinajstić information content (AvgIpc) is 3.41. The van der Waals surface area contributed by atoms with Gasteiger partial charge in [-0.15, -0.1) is 0 Å². The van der Waals surface area contributed by atoms with Gasteiger partial charge in [0.1, 0.15) is 0 Å². The molecule has 1 N–H and O–H groups in total. The van der Waals surface area contributed by atoms with Gasteiger partial charge in [-0.25, -0.2) is 4.79 Å². The highest BCUT2D eigenvalue weighted by atomic mass is 16.5. The molecule has 0 saturated carbocycles. The van der Waals surface area contributed by atoms with E-state index in [0.29, 0.717) is 45.0 Å². The molecular weight excluding hydrogens is 430 g/mol. The first-order valence-electron chi connectivity index (χ1n) is 11.6. The number of ether oxygens (including phenoxy) is 1. The maximum Gasteiger partial charge on any atom is 0.321 e. The summed E-state index contributed by atoms with van der Waals surface area (Å²) in [4.78, 5) is 29.3. The molecule has 2 saturated heterocycles. The lowest BCUT2D eigenvalue weighted by Crippen LogP contribution is -2.43. The first-order chi connectivity index (χ1) is 16.5. The fourth-order valence-corrected chi connectivity index (χ4v) is 4.88. The summed E-state index contributed by atoms with van der Waals surface area (Å²) in [7, 11) is 0. The van der Waals surface area contributed by atoms with E-state index >= 15 is 0 Å². The molecule has 176 valence electrons. The zero-order chi connectivity index (χ0) is 23.7. The highest BCUT2D eigenvalue weighted by Crippen LogP contribution is 2.31. The van der Waals surface area contributed by atoms with Crippen LogP contribution in [0.5, 0.6) is 0 Å². The van der Waals surface area contributed by atoms with Gasteiger partial charge in [0, 0.05) is 42.1 Å². The molecule has 3 amide bonds. The number of aryl methyl sites for hydroxylation is 1. The molecular formula is C26H29N5O3. The number of urea groups is 1. The Hall–Kier alpha value is -3.65. The van der Waals surface area contributed by atoms with Crippen molar-refractivity contribution in [3.63, 3.8) is 0 Å². The molecule has 0 bridgehead atoms. The third-order valence-electron chi connectivity index (χ3n) is 6.60. The minimum Gasteiger partial charge on any atom is -0.377 e. The van der Waals surface area contributed by atoms with Gasteiger partial charge in [0.05, 0.1) is 31.5 Å². The Kier molecular flexibility index (Phi) is 6.06. The lowest BCUT2D eigenvalue weighted by molar-refractivity contribution is -0.00305. The van der Waals surface area contributed by atoms with Crippen molar-refractivity contribution in [3.8, 4) is 0 Å². The Balaban J connectivity index is 1.43.